The van der Waals surface area contributed by atoms with Crippen LogP contribution in [0.25, 0.3) is 0 Å². The molecular formula is C8H10N2S. The fraction of sp³-hybridized carbons (Fsp3) is 0.250. The molecule has 0 aliphatic carbocycles. The van der Waals surface area contributed by atoms with Crippen LogP contribution in [-0.2, 0) is 0 Å². The van der Waals surface area contributed by atoms with Crippen molar-refractivity contribution in [2.24, 2.45) is 5.73 Å². The lowest BCUT2D eigenvalue weighted by molar-refractivity contribution is 0.725. The first-order valence-corrected chi connectivity index (χ1v) is 4.37. The van der Waals surface area contributed by atoms with Gasteiger partial charge in [-0.1, -0.05) is 17.7 Å². The molecular weight excluding hydrogens is 156 g/mol. The van der Waals surface area contributed by atoms with Gasteiger partial charge >= 0.3 is 0 Å². The third-order valence-electron chi connectivity index (χ3n) is 1.80. The second-order valence-electron chi connectivity index (χ2n) is 2.74. The summed E-state index contributed by atoms with van der Waals surface area (Å²) >= 11 is 1.61. The topological polar surface area (TPSA) is 38.0 Å². The largest absolute Gasteiger partial charge is 0.311 e. The minimum absolute atomic E-state index is 0.00917. The van der Waals surface area contributed by atoms with Crippen LogP contribution in [0.1, 0.15) is 17.3 Å². The summed E-state index contributed by atoms with van der Waals surface area (Å²) in [5, 5.41) is 0. The smallest absolute Gasteiger partial charge is 0.0916 e. The molecule has 1 aliphatic heterocycles. The van der Waals surface area contributed by atoms with Crippen LogP contribution in [0.15, 0.2) is 23.1 Å². The summed E-state index contributed by atoms with van der Waals surface area (Å²) in [5.41, 5.74) is 8.27. The molecule has 0 radical (unpaired) electrons. The van der Waals surface area contributed by atoms with E-state index in [1.807, 2.05) is 0 Å². The molecule has 0 bridgehead atoms. The van der Waals surface area contributed by atoms with Crippen LogP contribution in [0.5, 0.6) is 0 Å². The Hall–Kier alpha value is -0.510. The second-order valence-corrected chi connectivity index (χ2v) is 3.62. The second kappa shape index (κ2) is 2.52. The number of rotatable bonds is 0. The van der Waals surface area contributed by atoms with Gasteiger partial charge in [-0.25, -0.2) is 4.72 Å². The molecule has 2 nitrogen and oxygen atoms in total. The Kier molecular flexibility index (Phi) is 1.64. The molecule has 1 aromatic carbocycles. The Bertz CT molecular complexity index is 285. The molecule has 0 amide bonds. The van der Waals surface area contributed by atoms with E-state index < -0.39 is 0 Å². The van der Waals surface area contributed by atoms with E-state index in [1.165, 1.54) is 16.0 Å². The van der Waals surface area contributed by atoms with Crippen molar-refractivity contribution in [1.29, 1.82) is 0 Å². The minimum atomic E-state index is 0.00917. The zero-order chi connectivity index (χ0) is 7.84. The van der Waals surface area contributed by atoms with Gasteiger partial charge in [0.25, 0.3) is 0 Å². The van der Waals surface area contributed by atoms with Crippen LogP contribution >= 0.6 is 11.9 Å². The van der Waals surface area contributed by atoms with Gasteiger partial charge in [0.2, 0.25) is 0 Å². The van der Waals surface area contributed by atoms with E-state index in [1.54, 1.807) is 11.9 Å². The van der Waals surface area contributed by atoms with Crippen molar-refractivity contribution in [2.75, 3.05) is 0 Å². The molecule has 0 fully saturated rings. The van der Waals surface area contributed by atoms with Crippen molar-refractivity contribution in [1.82, 2.24) is 4.72 Å². The van der Waals surface area contributed by atoms with Gasteiger partial charge in [-0.3, -0.25) is 0 Å². The molecule has 1 unspecified atom stereocenters. The van der Waals surface area contributed by atoms with Gasteiger partial charge in [0.1, 0.15) is 0 Å². The number of fused-ring (bicyclic) bond motifs is 1. The fourth-order valence-corrected chi connectivity index (χ4v) is 2.02. The standard InChI is InChI=1S/C8H10N2S/c1-5-2-3-7-6(4-5)8(9)10-11-7/h2-4,8,10H,9H2,1H3. The third kappa shape index (κ3) is 1.15. The molecule has 0 saturated carbocycles. The molecule has 0 aromatic heterocycles. The zero-order valence-corrected chi connectivity index (χ0v) is 7.11. The van der Waals surface area contributed by atoms with Gasteiger partial charge in [-0.05, 0) is 30.5 Å². The molecule has 1 atom stereocenters. The Labute approximate surface area is 70.3 Å². The fourth-order valence-electron chi connectivity index (χ4n) is 1.19. The van der Waals surface area contributed by atoms with Crippen LogP contribution in [0.3, 0.4) is 0 Å². The van der Waals surface area contributed by atoms with Gasteiger partial charge in [0.15, 0.2) is 0 Å². The molecule has 11 heavy (non-hydrogen) atoms. The van der Waals surface area contributed by atoms with E-state index in [4.69, 9.17) is 5.73 Å². The van der Waals surface area contributed by atoms with Gasteiger partial charge in [0.05, 0.1) is 6.17 Å². The average Bonchev–Trinajstić information content (AvgIpc) is 2.33. The van der Waals surface area contributed by atoms with E-state index in [-0.39, 0.29) is 6.17 Å². The maximum Gasteiger partial charge on any atom is 0.0916 e. The van der Waals surface area contributed by atoms with Gasteiger partial charge in [0, 0.05) is 4.90 Å². The van der Waals surface area contributed by atoms with Crippen molar-refractivity contribution < 1.29 is 0 Å². The first-order chi connectivity index (χ1) is 5.27. The summed E-state index contributed by atoms with van der Waals surface area (Å²) in [6, 6.07) is 6.34. The maximum absolute atomic E-state index is 5.78. The molecule has 1 aromatic rings. The number of hydrogen-bond acceptors (Lipinski definition) is 3. The minimum Gasteiger partial charge on any atom is -0.311 e. The lowest BCUT2D eigenvalue weighted by atomic mass is 10.1. The summed E-state index contributed by atoms with van der Waals surface area (Å²) < 4.78 is 3.11. The van der Waals surface area contributed by atoms with Crippen molar-refractivity contribution in [3.8, 4) is 0 Å². The Balaban J connectivity index is 2.52. The summed E-state index contributed by atoms with van der Waals surface area (Å²) in [7, 11) is 0. The zero-order valence-electron chi connectivity index (χ0n) is 6.29. The van der Waals surface area contributed by atoms with E-state index in [0.717, 1.165) is 0 Å². The molecule has 1 aliphatic rings. The molecule has 2 rings (SSSR count). The van der Waals surface area contributed by atoms with Crippen molar-refractivity contribution in [3.63, 3.8) is 0 Å². The maximum atomic E-state index is 5.78. The van der Waals surface area contributed by atoms with E-state index >= 15 is 0 Å². The molecule has 0 saturated heterocycles. The lowest BCUT2D eigenvalue weighted by Crippen LogP contribution is -2.17. The van der Waals surface area contributed by atoms with E-state index in [2.05, 4.69) is 29.8 Å². The average molecular weight is 166 g/mol. The third-order valence-corrected chi connectivity index (χ3v) is 2.76. The van der Waals surface area contributed by atoms with Gasteiger partial charge in [-0.2, -0.15) is 0 Å². The SMILES string of the molecule is Cc1ccc2c(c1)C(N)NS2. The number of aryl methyl sites for hydroxylation is 1. The molecule has 1 heterocycles. The highest BCUT2D eigenvalue weighted by Crippen LogP contribution is 2.32. The first-order valence-electron chi connectivity index (χ1n) is 3.56. The summed E-state index contributed by atoms with van der Waals surface area (Å²) in [5.74, 6) is 0. The number of nitrogens with one attached hydrogen (secondary N) is 1. The van der Waals surface area contributed by atoms with Gasteiger partial charge < -0.3 is 5.73 Å². The van der Waals surface area contributed by atoms with Crippen LogP contribution < -0.4 is 10.5 Å². The van der Waals surface area contributed by atoms with E-state index in [0.29, 0.717) is 0 Å². The molecule has 3 heteroatoms. The quantitative estimate of drug-likeness (QED) is 0.574. The Morgan fingerprint density at radius 3 is 3.18 bits per heavy atom. The van der Waals surface area contributed by atoms with Crippen LogP contribution in [-0.4, -0.2) is 0 Å². The molecule has 0 spiro atoms. The van der Waals surface area contributed by atoms with Crippen LogP contribution in [0.2, 0.25) is 0 Å². The number of benzene rings is 1. The van der Waals surface area contributed by atoms with E-state index in [9.17, 15) is 0 Å². The highest BCUT2D eigenvalue weighted by molar-refractivity contribution is 7.97. The van der Waals surface area contributed by atoms with Crippen LogP contribution in [0, 0.1) is 6.92 Å². The Morgan fingerprint density at radius 2 is 2.36 bits per heavy atom. The summed E-state index contributed by atoms with van der Waals surface area (Å²) in [6.07, 6.45) is 0.00917. The summed E-state index contributed by atoms with van der Waals surface area (Å²) in [6.45, 7) is 2.08. The predicted octanol–water partition coefficient (Wildman–Crippen LogP) is 1.56. The highest BCUT2D eigenvalue weighted by atomic mass is 32.2. The lowest BCUT2D eigenvalue weighted by Gasteiger charge is -2.02. The summed E-state index contributed by atoms with van der Waals surface area (Å²) in [4.78, 5) is 1.25. The molecule has 58 valence electrons. The number of nitrogens with two attached hydrogens (primary N) is 1. The van der Waals surface area contributed by atoms with Crippen molar-refractivity contribution >= 4 is 11.9 Å². The van der Waals surface area contributed by atoms with Crippen molar-refractivity contribution in [3.05, 3.63) is 29.3 Å². The Morgan fingerprint density at radius 1 is 1.55 bits per heavy atom. The van der Waals surface area contributed by atoms with Crippen molar-refractivity contribution in [2.45, 2.75) is 18.0 Å². The number of hydrogen-bond donors (Lipinski definition) is 2. The predicted molar refractivity (Wildman–Crippen MR) is 47.1 cm³/mol. The first kappa shape index (κ1) is 7.16. The highest BCUT2D eigenvalue weighted by Gasteiger charge is 2.18. The van der Waals surface area contributed by atoms with Gasteiger partial charge in [-0.15, -0.1) is 0 Å². The normalized spacial score (nSPS) is 21.8. The monoisotopic (exact) mass is 166 g/mol. The van der Waals surface area contributed by atoms with Crippen LogP contribution in [0.4, 0.5) is 0 Å². The molecule has 3 N–H and O–H groups in total.